The van der Waals surface area contributed by atoms with E-state index in [-0.39, 0.29) is 18.2 Å². The third-order valence-electron chi connectivity index (χ3n) is 3.33. The highest BCUT2D eigenvalue weighted by atomic mass is 79.9. The molecule has 1 nitrogen and oxygen atoms in total. The summed E-state index contributed by atoms with van der Waals surface area (Å²) in [6.45, 7) is 0.696. The van der Waals surface area contributed by atoms with Gasteiger partial charge in [-0.05, 0) is 29.8 Å². The fourth-order valence-electron chi connectivity index (χ4n) is 2.27. The van der Waals surface area contributed by atoms with Crippen molar-refractivity contribution in [3.05, 3.63) is 88.9 Å². The van der Waals surface area contributed by atoms with Crippen molar-refractivity contribution in [1.82, 2.24) is 0 Å². The first kappa shape index (κ1) is 16.7. The Hall–Kier alpha value is -1.71. The van der Waals surface area contributed by atoms with Crippen molar-refractivity contribution in [3.63, 3.8) is 0 Å². The van der Waals surface area contributed by atoms with E-state index in [1.807, 2.05) is 36.5 Å². The number of pyridine rings is 1. The topological polar surface area (TPSA) is 3.88 Å². The van der Waals surface area contributed by atoms with Crippen LogP contribution in [0, 0.1) is 5.82 Å². The van der Waals surface area contributed by atoms with Crippen LogP contribution in [0.4, 0.5) is 4.39 Å². The average molecular weight is 379 g/mol. The average Bonchev–Trinajstić information content (AvgIpc) is 2.51. The zero-order valence-electron chi connectivity index (χ0n) is 11.7. The predicted molar refractivity (Wildman–Crippen MR) is 85.3 cm³/mol. The Bertz CT molecular complexity index is 762. The van der Waals surface area contributed by atoms with E-state index >= 15 is 0 Å². The molecule has 0 aliphatic heterocycles. The van der Waals surface area contributed by atoms with Gasteiger partial charge in [0.05, 0.1) is 0 Å². The van der Waals surface area contributed by atoms with Crippen molar-refractivity contribution < 1.29 is 21.4 Å². The normalized spacial score (nSPS) is 10.1. The summed E-state index contributed by atoms with van der Waals surface area (Å²) in [6, 6.07) is 19.2. The lowest BCUT2D eigenvalue weighted by atomic mass is 10.1. The predicted octanol–water partition coefficient (Wildman–Crippen LogP) is 1.59. The fourth-order valence-corrected chi connectivity index (χ4v) is 2.74. The second-order valence-corrected chi connectivity index (χ2v) is 5.72. The molecule has 0 spiro atoms. The SMILES string of the molecule is Fc1ccc(C[n+]2cccc(-c3ccccc3)c2)c(Br)c1.[Cl-]. The second kappa shape index (κ2) is 7.52. The van der Waals surface area contributed by atoms with Gasteiger partial charge in [-0.25, -0.2) is 8.96 Å². The van der Waals surface area contributed by atoms with Gasteiger partial charge < -0.3 is 12.4 Å². The van der Waals surface area contributed by atoms with Crippen molar-refractivity contribution in [2.45, 2.75) is 6.54 Å². The summed E-state index contributed by atoms with van der Waals surface area (Å²) in [7, 11) is 0. The highest BCUT2D eigenvalue weighted by molar-refractivity contribution is 9.10. The van der Waals surface area contributed by atoms with Crippen LogP contribution in [0.25, 0.3) is 11.1 Å². The summed E-state index contributed by atoms with van der Waals surface area (Å²) in [5, 5.41) is 0. The minimum absolute atomic E-state index is 0. The van der Waals surface area contributed by atoms with Crippen molar-refractivity contribution in [2.24, 2.45) is 0 Å². The maximum absolute atomic E-state index is 13.1. The monoisotopic (exact) mass is 377 g/mol. The van der Waals surface area contributed by atoms with Crippen LogP contribution in [-0.4, -0.2) is 0 Å². The van der Waals surface area contributed by atoms with Crippen molar-refractivity contribution in [2.75, 3.05) is 0 Å². The first-order valence-corrected chi connectivity index (χ1v) is 7.50. The summed E-state index contributed by atoms with van der Waals surface area (Å²) in [5.74, 6) is -0.228. The molecule has 0 unspecified atom stereocenters. The van der Waals surface area contributed by atoms with E-state index in [9.17, 15) is 4.39 Å². The lowest BCUT2D eigenvalue weighted by Crippen LogP contribution is -3.00. The van der Waals surface area contributed by atoms with E-state index in [1.54, 1.807) is 0 Å². The number of hydrogen-bond donors (Lipinski definition) is 0. The van der Waals surface area contributed by atoms with Gasteiger partial charge in [0.1, 0.15) is 5.82 Å². The molecular weight excluding hydrogens is 365 g/mol. The molecule has 1 heterocycles. The summed E-state index contributed by atoms with van der Waals surface area (Å²) in [4.78, 5) is 0. The molecule has 0 radical (unpaired) electrons. The molecule has 0 aliphatic rings. The first-order chi connectivity index (χ1) is 10.2. The first-order valence-electron chi connectivity index (χ1n) is 6.71. The highest BCUT2D eigenvalue weighted by Crippen LogP contribution is 2.19. The number of hydrogen-bond acceptors (Lipinski definition) is 0. The van der Waals surface area contributed by atoms with E-state index in [0.29, 0.717) is 6.54 Å². The van der Waals surface area contributed by atoms with Gasteiger partial charge in [-0.3, -0.25) is 0 Å². The van der Waals surface area contributed by atoms with Gasteiger partial charge >= 0.3 is 0 Å². The minimum Gasteiger partial charge on any atom is -1.00 e. The molecule has 0 saturated heterocycles. The van der Waals surface area contributed by atoms with Gasteiger partial charge in [0.25, 0.3) is 0 Å². The smallest absolute Gasteiger partial charge is 0.176 e. The molecule has 2 aromatic carbocycles. The van der Waals surface area contributed by atoms with E-state index in [2.05, 4.69) is 44.9 Å². The number of aromatic nitrogens is 1. The maximum atomic E-state index is 13.1. The second-order valence-electron chi connectivity index (χ2n) is 4.87. The summed E-state index contributed by atoms with van der Waals surface area (Å²) >= 11 is 3.41. The molecule has 0 saturated carbocycles. The van der Waals surface area contributed by atoms with Crippen LogP contribution in [0.3, 0.4) is 0 Å². The van der Waals surface area contributed by atoms with Gasteiger partial charge in [-0.2, -0.15) is 0 Å². The molecule has 112 valence electrons. The quantitative estimate of drug-likeness (QED) is 0.610. The van der Waals surface area contributed by atoms with Crippen LogP contribution in [-0.2, 0) is 6.54 Å². The molecule has 0 N–H and O–H groups in total. The van der Waals surface area contributed by atoms with Gasteiger partial charge in [0, 0.05) is 21.7 Å². The minimum atomic E-state index is -0.228. The van der Waals surface area contributed by atoms with Gasteiger partial charge in [-0.1, -0.05) is 46.3 Å². The number of benzene rings is 2. The zero-order chi connectivity index (χ0) is 14.7. The zero-order valence-corrected chi connectivity index (χ0v) is 14.1. The van der Waals surface area contributed by atoms with Gasteiger partial charge in [0.2, 0.25) is 0 Å². The Labute approximate surface area is 144 Å². The molecular formula is C18H14BrClFN. The number of halogens is 3. The molecule has 0 aliphatic carbocycles. The molecule has 0 atom stereocenters. The molecule has 3 aromatic rings. The van der Waals surface area contributed by atoms with E-state index in [4.69, 9.17) is 0 Å². The fraction of sp³-hybridized carbons (Fsp3) is 0.0556. The lowest BCUT2D eigenvalue weighted by molar-refractivity contribution is -0.688. The Morgan fingerprint density at radius 3 is 2.36 bits per heavy atom. The maximum Gasteiger partial charge on any atom is 0.176 e. The van der Waals surface area contributed by atoms with E-state index < -0.39 is 0 Å². The summed E-state index contributed by atoms with van der Waals surface area (Å²) < 4.78 is 16.0. The van der Waals surface area contributed by atoms with E-state index in [1.165, 1.54) is 17.7 Å². The van der Waals surface area contributed by atoms with Crippen molar-refractivity contribution >= 4 is 15.9 Å². The van der Waals surface area contributed by atoms with Crippen molar-refractivity contribution in [1.29, 1.82) is 0 Å². The van der Waals surface area contributed by atoms with Crippen LogP contribution < -0.4 is 17.0 Å². The molecule has 0 fully saturated rings. The third kappa shape index (κ3) is 3.93. The van der Waals surface area contributed by atoms with E-state index in [0.717, 1.165) is 15.6 Å². The summed E-state index contributed by atoms with van der Waals surface area (Å²) in [5.41, 5.74) is 3.40. The standard InChI is InChI=1S/C18H14BrFN.ClH/c19-18-11-17(20)9-8-16(18)13-21-10-4-7-15(12-21)14-5-2-1-3-6-14;/h1-12H,13H2;1H/q+1;/p-1. The van der Waals surface area contributed by atoms with Gasteiger partial charge in [0.15, 0.2) is 18.9 Å². The molecule has 0 amide bonds. The number of nitrogens with zero attached hydrogens (tertiary/aromatic N) is 1. The lowest BCUT2D eigenvalue weighted by Gasteiger charge is -2.03. The molecule has 22 heavy (non-hydrogen) atoms. The number of rotatable bonds is 3. The Balaban J connectivity index is 0.00000176. The van der Waals surface area contributed by atoms with Crippen molar-refractivity contribution in [3.8, 4) is 11.1 Å². The van der Waals surface area contributed by atoms with Crippen LogP contribution in [0.2, 0.25) is 0 Å². The molecule has 1 aromatic heterocycles. The third-order valence-corrected chi connectivity index (χ3v) is 4.07. The Kier molecular flexibility index (Phi) is 5.69. The molecule has 0 bridgehead atoms. The van der Waals surface area contributed by atoms with Gasteiger partial charge in [-0.15, -0.1) is 0 Å². The summed E-state index contributed by atoms with van der Waals surface area (Å²) in [6.07, 6.45) is 4.12. The molecule has 4 heteroatoms. The van der Waals surface area contributed by atoms with Crippen LogP contribution in [0.5, 0.6) is 0 Å². The highest BCUT2D eigenvalue weighted by Gasteiger charge is 2.09. The Morgan fingerprint density at radius 2 is 1.64 bits per heavy atom. The largest absolute Gasteiger partial charge is 1.00 e. The van der Waals surface area contributed by atoms with Crippen LogP contribution in [0.15, 0.2) is 77.5 Å². The van der Waals surface area contributed by atoms with Crippen LogP contribution >= 0.6 is 15.9 Å². The van der Waals surface area contributed by atoms with Crippen LogP contribution in [0.1, 0.15) is 5.56 Å². The Morgan fingerprint density at radius 1 is 0.909 bits per heavy atom. The molecule has 3 rings (SSSR count).